The van der Waals surface area contributed by atoms with E-state index in [9.17, 15) is 4.79 Å². The first-order chi connectivity index (χ1) is 13.0. The molecule has 0 aromatic heterocycles. The fourth-order valence-electron chi connectivity index (χ4n) is 4.49. The van der Waals surface area contributed by atoms with E-state index in [1.807, 2.05) is 0 Å². The molecule has 0 aliphatic carbocycles. The number of nitrogens with one attached hydrogen (secondary N) is 1. The molecule has 2 aliphatic heterocycles. The Bertz CT molecular complexity index is 598. The summed E-state index contributed by atoms with van der Waals surface area (Å²) in [7, 11) is 6.51. The lowest BCUT2D eigenvalue weighted by atomic mass is 9.72. The highest BCUT2D eigenvalue weighted by molar-refractivity contribution is 5.76. The van der Waals surface area contributed by atoms with Crippen LogP contribution in [-0.4, -0.2) is 87.1 Å². The summed E-state index contributed by atoms with van der Waals surface area (Å²) in [4.78, 5) is 19.7. The number of rotatable bonds is 7. The van der Waals surface area contributed by atoms with Crippen LogP contribution in [0, 0.1) is 0 Å². The van der Waals surface area contributed by atoms with Crippen LogP contribution in [0.5, 0.6) is 0 Å². The molecule has 5 heteroatoms. The SMILES string of the molecule is CN1CCC(CNC(=O)CCN(C)[C@@H]2CCN(C)C2)(c2ccccc2)CC1. The number of benzene rings is 1. The number of piperidine rings is 1. The second-order valence-corrected chi connectivity index (χ2v) is 8.66. The van der Waals surface area contributed by atoms with Gasteiger partial charge in [-0.25, -0.2) is 0 Å². The molecule has 27 heavy (non-hydrogen) atoms. The average molecular weight is 373 g/mol. The monoisotopic (exact) mass is 372 g/mol. The molecule has 2 saturated heterocycles. The van der Waals surface area contributed by atoms with Gasteiger partial charge in [-0.15, -0.1) is 0 Å². The van der Waals surface area contributed by atoms with Crippen molar-refractivity contribution in [3.8, 4) is 0 Å². The van der Waals surface area contributed by atoms with E-state index in [-0.39, 0.29) is 11.3 Å². The van der Waals surface area contributed by atoms with Crippen molar-refractivity contribution in [2.24, 2.45) is 0 Å². The number of carbonyl (C=O) groups is 1. The van der Waals surface area contributed by atoms with E-state index in [1.54, 1.807) is 0 Å². The Labute approximate surface area is 164 Å². The van der Waals surface area contributed by atoms with E-state index in [0.717, 1.165) is 52.1 Å². The lowest BCUT2D eigenvalue weighted by Crippen LogP contribution is -2.48. The Morgan fingerprint density at radius 1 is 1.15 bits per heavy atom. The summed E-state index contributed by atoms with van der Waals surface area (Å²) < 4.78 is 0. The lowest BCUT2D eigenvalue weighted by molar-refractivity contribution is -0.121. The summed E-state index contributed by atoms with van der Waals surface area (Å²) in [6.07, 6.45) is 3.99. The summed E-state index contributed by atoms with van der Waals surface area (Å²) in [6.45, 7) is 6.04. The van der Waals surface area contributed by atoms with Crippen molar-refractivity contribution in [1.82, 2.24) is 20.0 Å². The van der Waals surface area contributed by atoms with Gasteiger partial charge in [0.15, 0.2) is 0 Å². The zero-order valence-corrected chi connectivity index (χ0v) is 17.3. The average Bonchev–Trinajstić information content (AvgIpc) is 3.13. The van der Waals surface area contributed by atoms with Crippen molar-refractivity contribution in [3.63, 3.8) is 0 Å². The Hall–Kier alpha value is -1.43. The topological polar surface area (TPSA) is 38.8 Å². The van der Waals surface area contributed by atoms with E-state index >= 15 is 0 Å². The molecule has 1 amide bonds. The number of likely N-dealkylation sites (N-methyl/N-ethyl adjacent to an activating group) is 2. The van der Waals surface area contributed by atoms with Gasteiger partial charge in [-0.3, -0.25) is 4.79 Å². The van der Waals surface area contributed by atoms with Crippen molar-refractivity contribution in [2.45, 2.75) is 37.1 Å². The molecule has 0 saturated carbocycles. The van der Waals surface area contributed by atoms with Crippen LogP contribution >= 0.6 is 0 Å². The Morgan fingerprint density at radius 3 is 2.48 bits per heavy atom. The lowest BCUT2D eigenvalue weighted by Gasteiger charge is -2.41. The Morgan fingerprint density at radius 2 is 1.85 bits per heavy atom. The van der Waals surface area contributed by atoms with Gasteiger partial charge in [-0.2, -0.15) is 0 Å². The van der Waals surface area contributed by atoms with Gasteiger partial charge in [-0.1, -0.05) is 30.3 Å². The zero-order valence-electron chi connectivity index (χ0n) is 17.3. The highest BCUT2D eigenvalue weighted by Gasteiger charge is 2.35. The van der Waals surface area contributed by atoms with Crippen molar-refractivity contribution in [1.29, 1.82) is 0 Å². The molecule has 0 spiro atoms. The zero-order chi connectivity index (χ0) is 19.3. The number of hydrogen-bond acceptors (Lipinski definition) is 4. The van der Waals surface area contributed by atoms with Gasteiger partial charge >= 0.3 is 0 Å². The second kappa shape index (κ2) is 9.18. The van der Waals surface area contributed by atoms with Gasteiger partial charge in [0, 0.05) is 37.5 Å². The molecule has 2 fully saturated rings. The molecule has 1 atom stereocenters. The first kappa shape index (κ1) is 20.3. The van der Waals surface area contributed by atoms with Crippen LogP contribution in [0.4, 0.5) is 0 Å². The summed E-state index contributed by atoms with van der Waals surface area (Å²) in [6, 6.07) is 11.3. The third kappa shape index (κ3) is 5.31. The first-order valence-corrected chi connectivity index (χ1v) is 10.4. The number of hydrogen-bond donors (Lipinski definition) is 1. The quantitative estimate of drug-likeness (QED) is 0.792. The van der Waals surface area contributed by atoms with Crippen molar-refractivity contribution in [3.05, 3.63) is 35.9 Å². The van der Waals surface area contributed by atoms with E-state index in [0.29, 0.717) is 12.5 Å². The van der Waals surface area contributed by atoms with Gasteiger partial charge < -0.3 is 20.0 Å². The molecule has 5 nitrogen and oxygen atoms in total. The van der Waals surface area contributed by atoms with E-state index in [4.69, 9.17) is 0 Å². The normalized spacial score (nSPS) is 23.6. The van der Waals surface area contributed by atoms with E-state index < -0.39 is 0 Å². The van der Waals surface area contributed by atoms with Crippen LogP contribution in [0.1, 0.15) is 31.2 Å². The molecule has 0 bridgehead atoms. The standard InChI is InChI=1S/C22H36N4O/c1-24-15-11-22(12-16-24,19-7-5-4-6-8-19)18-23-21(27)10-14-26(3)20-9-13-25(2)17-20/h4-8,20H,9-18H2,1-3H3,(H,23,27)/t20-/m1/s1. The van der Waals surface area contributed by atoms with E-state index in [1.165, 1.54) is 12.0 Å². The minimum Gasteiger partial charge on any atom is -0.355 e. The molecular weight excluding hydrogens is 336 g/mol. The highest BCUT2D eigenvalue weighted by Crippen LogP contribution is 2.34. The largest absolute Gasteiger partial charge is 0.355 e. The van der Waals surface area contributed by atoms with Crippen LogP contribution < -0.4 is 5.32 Å². The minimum absolute atomic E-state index is 0.0729. The highest BCUT2D eigenvalue weighted by atomic mass is 16.1. The summed E-state index contributed by atoms with van der Waals surface area (Å²) in [5.41, 5.74) is 1.44. The molecule has 1 N–H and O–H groups in total. The molecule has 0 radical (unpaired) electrons. The molecule has 2 heterocycles. The summed E-state index contributed by atoms with van der Waals surface area (Å²) >= 11 is 0. The third-order valence-electron chi connectivity index (χ3n) is 6.64. The minimum atomic E-state index is 0.0729. The van der Waals surface area contributed by atoms with Gasteiger partial charge in [0.1, 0.15) is 0 Å². The molecule has 2 aliphatic rings. The van der Waals surface area contributed by atoms with Crippen molar-refractivity contribution >= 4 is 5.91 Å². The molecule has 3 rings (SSSR count). The number of carbonyl (C=O) groups excluding carboxylic acids is 1. The van der Waals surface area contributed by atoms with Crippen LogP contribution in [-0.2, 0) is 10.2 Å². The van der Waals surface area contributed by atoms with Crippen LogP contribution in [0.25, 0.3) is 0 Å². The molecular formula is C22H36N4O. The van der Waals surface area contributed by atoms with Gasteiger partial charge in [0.25, 0.3) is 0 Å². The number of amides is 1. The maximum absolute atomic E-state index is 12.5. The Balaban J connectivity index is 1.52. The second-order valence-electron chi connectivity index (χ2n) is 8.66. The number of nitrogens with zero attached hydrogens (tertiary/aromatic N) is 3. The van der Waals surface area contributed by atoms with E-state index in [2.05, 4.69) is 71.5 Å². The molecule has 0 unspecified atom stereocenters. The predicted molar refractivity (Wildman–Crippen MR) is 111 cm³/mol. The van der Waals surface area contributed by atoms with Crippen molar-refractivity contribution < 1.29 is 4.79 Å². The maximum atomic E-state index is 12.5. The summed E-state index contributed by atoms with van der Waals surface area (Å²) in [5.74, 6) is 0.183. The van der Waals surface area contributed by atoms with Crippen LogP contribution in [0.3, 0.4) is 0 Å². The smallest absolute Gasteiger partial charge is 0.221 e. The van der Waals surface area contributed by atoms with Crippen LogP contribution in [0.2, 0.25) is 0 Å². The van der Waals surface area contributed by atoms with Gasteiger partial charge in [0.2, 0.25) is 5.91 Å². The summed E-state index contributed by atoms with van der Waals surface area (Å²) in [5, 5.41) is 3.27. The van der Waals surface area contributed by atoms with Crippen molar-refractivity contribution in [2.75, 3.05) is 60.4 Å². The van der Waals surface area contributed by atoms with Crippen LogP contribution in [0.15, 0.2) is 30.3 Å². The predicted octanol–water partition coefficient (Wildman–Crippen LogP) is 1.79. The maximum Gasteiger partial charge on any atom is 0.221 e. The third-order valence-corrected chi connectivity index (χ3v) is 6.64. The fourth-order valence-corrected chi connectivity index (χ4v) is 4.49. The first-order valence-electron chi connectivity index (χ1n) is 10.4. The Kier molecular flexibility index (Phi) is 6.90. The van der Waals surface area contributed by atoms with Gasteiger partial charge in [0.05, 0.1) is 0 Å². The molecule has 1 aromatic rings. The number of likely N-dealkylation sites (tertiary alicyclic amines) is 2. The molecule has 1 aromatic carbocycles. The van der Waals surface area contributed by atoms with Gasteiger partial charge in [-0.05, 0) is 65.6 Å². The molecule has 150 valence electrons. The fraction of sp³-hybridized carbons (Fsp3) is 0.682.